The van der Waals surface area contributed by atoms with Gasteiger partial charge in [-0.05, 0) is 30.3 Å². The second-order valence-electron chi connectivity index (χ2n) is 5.47. The fourth-order valence-electron chi connectivity index (χ4n) is 3.07. The number of amides is 1. The van der Waals surface area contributed by atoms with Crippen molar-refractivity contribution in [3.63, 3.8) is 0 Å². The molecule has 1 spiro atoms. The molecule has 122 valence electrons. The van der Waals surface area contributed by atoms with E-state index in [2.05, 4.69) is 5.32 Å². The highest BCUT2D eigenvalue weighted by Gasteiger charge is 2.58. The quantitative estimate of drug-likeness (QED) is 0.734. The van der Waals surface area contributed by atoms with Crippen molar-refractivity contribution in [1.29, 1.82) is 0 Å². The number of carbonyl (C=O) groups excluding carboxylic acids is 2. The van der Waals surface area contributed by atoms with Gasteiger partial charge in [0.15, 0.2) is 0 Å². The molecule has 0 saturated heterocycles. The summed E-state index contributed by atoms with van der Waals surface area (Å²) in [4.78, 5) is 24.6. The van der Waals surface area contributed by atoms with E-state index >= 15 is 0 Å². The Kier molecular flexibility index (Phi) is 2.82. The van der Waals surface area contributed by atoms with Crippen LogP contribution in [0.25, 0.3) is 0 Å². The molecule has 2 aromatic carbocycles. The van der Waals surface area contributed by atoms with Crippen LogP contribution in [-0.4, -0.2) is 11.9 Å². The number of esters is 1. The Labute approximate surface area is 138 Å². The maximum atomic E-state index is 12.9. The van der Waals surface area contributed by atoms with Crippen LogP contribution in [0.15, 0.2) is 36.4 Å². The van der Waals surface area contributed by atoms with Gasteiger partial charge < -0.3 is 10.1 Å². The number of hydrogen-bond acceptors (Lipinski definition) is 3. The highest BCUT2D eigenvalue weighted by Crippen LogP contribution is 2.50. The molecule has 2 aliphatic rings. The van der Waals surface area contributed by atoms with Gasteiger partial charge >= 0.3 is 12.1 Å². The van der Waals surface area contributed by atoms with E-state index in [1.54, 1.807) is 0 Å². The van der Waals surface area contributed by atoms with Crippen molar-refractivity contribution in [2.24, 2.45) is 0 Å². The Morgan fingerprint density at radius 1 is 1.04 bits per heavy atom. The van der Waals surface area contributed by atoms with Gasteiger partial charge in [0.1, 0.15) is 0 Å². The third-order valence-electron chi connectivity index (χ3n) is 4.12. The summed E-state index contributed by atoms with van der Waals surface area (Å²) in [5.74, 6) is -1.46. The third-order valence-corrected chi connectivity index (χ3v) is 4.36. The summed E-state index contributed by atoms with van der Waals surface area (Å²) >= 11 is 5.95. The summed E-state index contributed by atoms with van der Waals surface area (Å²) in [6.45, 7) is 0. The standard InChI is InChI=1S/C16H7ClF3NO3/c17-8-2-3-9-11(6-8)15(24-13(9)22)10-4-1-7(16(18,19)20)5-12(10)21-14(15)23/h1-6H,(H,21,23)/t15-/m0/s1. The molecule has 8 heteroatoms. The fourth-order valence-corrected chi connectivity index (χ4v) is 3.24. The lowest BCUT2D eigenvalue weighted by Gasteiger charge is -2.21. The molecule has 4 nitrogen and oxygen atoms in total. The molecule has 0 fully saturated rings. The monoisotopic (exact) mass is 353 g/mol. The van der Waals surface area contributed by atoms with Crippen LogP contribution in [-0.2, 0) is 21.3 Å². The largest absolute Gasteiger partial charge is 0.435 e. The van der Waals surface area contributed by atoms with E-state index in [9.17, 15) is 22.8 Å². The van der Waals surface area contributed by atoms with E-state index in [0.717, 1.165) is 18.2 Å². The second kappa shape index (κ2) is 4.51. The Balaban J connectivity index is 1.96. The molecular formula is C16H7ClF3NO3. The van der Waals surface area contributed by atoms with Crippen LogP contribution in [0.2, 0.25) is 5.02 Å². The minimum atomic E-state index is -4.55. The lowest BCUT2D eigenvalue weighted by Crippen LogP contribution is -2.35. The first kappa shape index (κ1) is 15.0. The van der Waals surface area contributed by atoms with Crippen LogP contribution >= 0.6 is 11.6 Å². The predicted octanol–water partition coefficient (Wildman–Crippen LogP) is 3.72. The molecule has 0 bridgehead atoms. The predicted molar refractivity (Wildman–Crippen MR) is 77.7 cm³/mol. The minimum absolute atomic E-state index is 0.0459. The first-order valence-corrected chi connectivity index (χ1v) is 7.18. The van der Waals surface area contributed by atoms with Gasteiger partial charge in [-0.1, -0.05) is 17.7 Å². The SMILES string of the molecule is O=C1O[C@]2(C(=O)Nc3cc(C(F)(F)F)ccc32)c2cc(Cl)ccc21. The molecule has 2 heterocycles. The number of alkyl halides is 3. The fraction of sp³-hybridized carbons (Fsp3) is 0.125. The van der Waals surface area contributed by atoms with Crippen molar-refractivity contribution >= 4 is 29.2 Å². The van der Waals surface area contributed by atoms with Crippen molar-refractivity contribution < 1.29 is 27.5 Å². The lowest BCUT2D eigenvalue weighted by molar-refractivity contribution is -0.137. The summed E-state index contributed by atoms with van der Waals surface area (Å²) < 4.78 is 43.9. The van der Waals surface area contributed by atoms with Gasteiger partial charge in [-0.2, -0.15) is 13.2 Å². The van der Waals surface area contributed by atoms with Gasteiger partial charge in [0, 0.05) is 21.8 Å². The number of rotatable bonds is 0. The maximum Gasteiger partial charge on any atom is 0.416 e. The zero-order valence-electron chi connectivity index (χ0n) is 11.7. The summed E-state index contributed by atoms with van der Waals surface area (Å²) in [5, 5.41) is 2.64. The molecule has 24 heavy (non-hydrogen) atoms. The number of benzene rings is 2. The number of fused-ring (bicyclic) bond motifs is 4. The molecular weight excluding hydrogens is 347 g/mol. The summed E-state index contributed by atoms with van der Waals surface area (Å²) in [7, 11) is 0. The molecule has 0 saturated carbocycles. The molecule has 0 radical (unpaired) electrons. The third kappa shape index (κ3) is 1.81. The lowest BCUT2D eigenvalue weighted by atomic mass is 9.86. The number of hydrogen-bond donors (Lipinski definition) is 1. The summed E-state index contributed by atoms with van der Waals surface area (Å²) in [6.07, 6.45) is -4.55. The number of anilines is 1. The second-order valence-corrected chi connectivity index (χ2v) is 5.91. The molecule has 2 aromatic rings. The summed E-state index contributed by atoms with van der Waals surface area (Å²) in [5.41, 5.74) is -2.24. The molecule has 1 atom stereocenters. The van der Waals surface area contributed by atoms with E-state index in [1.807, 2.05) is 0 Å². The van der Waals surface area contributed by atoms with Crippen LogP contribution in [0.4, 0.5) is 18.9 Å². The zero-order chi connectivity index (χ0) is 17.3. The van der Waals surface area contributed by atoms with E-state index in [1.165, 1.54) is 18.2 Å². The van der Waals surface area contributed by atoms with Crippen LogP contribution in [0.3, 0.4) is 0 Å². The minimum Gasteiger partial charge on any atom is -0.435 e. The maximum absolute atomic E-state index is 12.9. The van der Waals surface area contributed by atoms with Crippen LogP contribution in [0.5, 0.6) is 0 Å². The number of carbonyl (C=O) groups is 2. The molecule has 1 N–H and O–H groups in total. The average Bonchev–Trinajstić information content (AvgIpc) is 2.94. The molecule has 0 unspecified atom stereocenters. The Hall–Kier alpha value is -2.54. The number of nitrogens with one attached hydrogen (secondary N) is 1. The van der Waals surface area contributed by atoms with E-state index < -0.39 is 29.2 Å². The first-order chi connectivity index (χ1) is 11.2. The topological polar surface area (TPSA) is 55.4 Å². The van der Waals surface area contributed by atoms with Crippen LogP contribution < -0.4 is 5.32 Å². The van der Waals surface area contributed by atoms with E-state index in [4.69, 9.17) is 16.3 Å². The van der Waals surface area contributed by atoms with Gasteiger partial charge in [-0.3, -0.25) is 4.79 Å². The Bertz CT molecular complexity index is 925. The highest BCUT2D eigenvalue weighted by molar-refractivity contribution is 6.31. The van der Waals surface area contributed by atoms with Crippen molar-refractivity contribution in [2.75, 3.05) is 5.32 Å². The van der Waals surface area contributed by atoms with Crippen molar-refractivity contribution in [3.8, 4) is 0 Å². The normalized spacial score (nSPS) is 21.5. The average molecular weight is 354 g/mol. The van der Waals surface area contributed by atoms with Gasteiger partial charge in [0.05, 0.1) is 11.1 Å². The first-order valence-electron chi connectivity index (χ1n) is 6.80. The van der Waals surface area contributed by atoms with E-state index in [-0.39, 0.29) is 27.4 Å². The van der Waals surface area contributed by atoms with Crippen molar-refractivity contribution in [1.82, 2.24) is 0 Å². The van der Waals surface area contributed by atoms with Gasteiger partial charge in [-0.15, -0.1) is 0 Å². The molecule has 2 aliphatic heterocycles. The molecule has 4 rings (SSSR count). The van der Waals surface area contributed by atoms with Gasteiger partial charge in [-0.25, -0.2) is 4.79 Å². The Morgan fingerprint density at radius 2 is 1.79 bits per heavy atom. The number of halogens is 4. The molecule has 0 aliphatic carbocycles. The molecule has 0 aromatic heterocycles. The zero-order valence-corrected chi connectivity index (χ0v) is 12.5. The van der Waals surface area contributed by atoms with Gasteiger partial charge in [0.25, 0.3) is 5.91 Å². The molecule has 1 amide bonds. The van der Waals surface area contributed by atoms with E-state index in [0.29, 0.717) is 0 Å². The number of ether oxygens (including phenoxy) is 1. The van der Waals surface area contributed by atoms with Crippen molar-refractivity contribution in [3.05, 3.63) is 63.7 Å². The Morgan fingerprint density at radius 3 is 2.50 bits per heavy atom. The van der Waals surface area contributed by atoms with Crippen LogP contribution in [0.1, 0.15) is 27.0 Å². The summed E-state index contributed by atoms with van der Waals surface area (Å²) in [6, 6.07) is 7.11. The highest BCUT2D eigenvalue weighted by atomic mass is 35.5. The smallest absolute Gasteiger partial charge is 0.416 e. The van der Waals surface area contributed by atoms with Crippen LogP contribution in [0, 0.1) is 0 Å². The van der Waals surface area contributed by atoms with Crippen molar-refractivity contribution in [2.45, 2.75) is 11.8 Å². The van der Waals surface area contributed by atoms with Gasteiger partial charge in [0.2, 0.25) is 5.60 Å².